The molecule has 2 aromatic heterocycles. The van der Waals surface area contributed by atoms with Gasteiger partial charge in [-0.1, -0.05) is 6.07 Å². The van der Waals surface area contributed by atoms with Crippen molar-refractivity contribution in [3.05, 3.63) is 58.5 Å². The molecule has 3 amide bonds. The Hall–Kier alpha value is -4.06. The molecule has 198 valence electrons. The second-order valence-electron chi connectivity index (χ2n) is 9.23. The van der Waals surface area contributed by atoms with E-state index in [1.54, 1.807) is 31.4 Å². The molecule has 3 rings (SSSR count). The lowest BCUT2D eigenvalue weighted by molar-refractivity contribution is -0.128. The number of nitrogens with one attached hydrogen (secondary N) is 1. The zero-order chi connectivity index (χ0) is 27.3. The van der Waals surface area contributed by atoms with Gasteiger partial charge in [0.1, 0.15) is 10.6 Å². The first kappa shape index (κ1) is 27.5. The fraction of sp³-hybridized carbons (Fsp3) is 0.360. The van der Waals surface area contributed by atoms with Gasteiger partial charge >= 0.3 is 0 Å². The van der Waals surface area contributed by atoms with E-state index in [0.717, 1.165) is 17.1 Å². The highest BCUT2D eigenvalue weighted by Gasteiger charge is 2.37. The highest BCUT2D eigenvalue weighted by Crippen LogP contribution is 2.31. The minimum absolute atomic E-state index is 0.00114. The first-order chi connectivity index (χ1) is 17.5. The van der Waals surface area contributed by atoms with E-state index in [2.05, 4.69) is 9.69 Å². The molecular weight excluding hydrogens is 498 g/mol. The number of rotatable bonds is 10. The summed E-state index contributed by atoms with van der Waals surface area (Å²) in [5.41, 5.74) is 11.3. The number of benzene rings is 1. The number of primary amides is 1. The van der Waals surface area contributed by atoms with Crippen LogP contribution >= 0.6 is 11.5 Å². The van der Waals surface area contributed by atoms with E-state index in [4.69, 9.17) is 25.4 Å². The maximum absolute atomic E-state index is 13.9. The van der Waals surface area contributed by atoms with Crippen LogP contribution < -0.4 is 26.3 Å². The number of hydrogen-bond donors (Lipinski definition) is 3. The summed E-state index contributed by atoms with van der Waals surface area (Å²) in [5.74, 6) is -0.523. The van der Waals surface area contributed by atoms with E-state index in [9.17, 15) is 14.4 Å². The molecule has 1 aromatic carbocycles. The molecule has 11 nitrogen and oxygen atoms in total. The summed E-state index contributed by atoms with van der Waals surface area (Å²) in [5, 5.41) is 2.92. The summed E-state index contributed by atoms with van der Waals surface area (Å²) in [6, 6.07) is 7.53. The average molecular weight is 530 g/mol. The fourth-order valence-electron chi connectivity index (χ4n) is 3.70. The van der Waals surface area contributed by atoms with Gasteiger partial charge in [-0.25, -0.2) is 0 Å². The summed E-state index contributed by atoms with van der Waals surface area (Å²) in [4.78, 5) is 40.4. The van der Waals surface area contributed by atoms with Crippen molar-refractivity contribution in [2.45, 2.75) is 38.8 Å². The van der Waals surface area contributed by atoms with Crippen molar-refractivity contribution in [2.24, 2.45) is 5.73 Å². The lowest BCUT2D eigenvalue weighted by atomic mass is 10.0. The number of nitrogen functional groups attached to an aromatic ring is 1. The number of hydrogen-bond acceptors (Lipinski definition) is 9. The molecule has 0 aliphatic heterocycles. The average Bonchev–Trinajstić information content (AvgIpc) is 3.49. The van der Waals surface area contributed by atoms with E-state index in [-0.39, 0.29) is 28.6 Å². The third-order valence-corrected chi connectivity index (χ3v) is 6.23. The summed E-state index contributed by atoms with van der Waals surface area (Å²) in [6.45, 7) is 5.60. The molecule has 0 saturated heterocycles. The number of carbonyl (C=O) groups is 3. The number of nitrogens with two attached hydrogens (primary N) is 2. The van der Waals surface area contributed by atoms with Crippen molar-refractivity contribution in [3.8, 4) is 11.5 Å². The Morgan fingerprint density at radius 1 is 1.16 bits per heavy atom. The van der Waals surface area contributed by atoms with Gasteiger partial charge in [-0.3, -0.25) is 14.4 Å². The van der Waals surface area contributed by atoms with Crippen LogP contribution in [-0.4, -0.2) is 53.3 Å². The number of ether oxygens (including phenoxy) is 2. The normalized spacial score (nSPS) is 12.0. The quantitative estimate of drug-likeness (QED) is 0.361. The van der Waals surface area contributed by atoms with Crippen molar-refractivity contribution < 1.29 is 28.3 Å². The van der Waals surface area contributed by atoms with E-state index in [1.807, 2.05) is 26.8 Å². The van der Waals surface area contributed by atoms with Gasteiger partial charge in [-0.15, -0.1) is 0 Å². The second-order valence-corrected chi connectivity index (χ2v) is 10.0. The molecule has 0 radical (unpaired) electrons. The number of furan rings is 1. The van der Waals surface area contributed by atoms with Crippen molar-refractivity contribution in [2.75, 3.05) is 26.5 Å². The number of aromatic nitrogens is 1. The summed E-state index contributed by atoms with van der Waals surface area (Å²) in [6.07, 6.45) is 1.78. The summed E-state index contributed by atoms with van der Waals surface area (Å²) >= 11 is 0.747. The SMILES string of the molecule is COc1ccc(CCN(C(=O)c2snc(C(N)=O)c2N)[C@H](C(=O)NC(C)(C)C)c2ccco2)cc1OC. The van der Waals surface area contributed by atoms with Crippen LogP contribution in [0.3, 0.4) is 0 Å². The Labute approximate surface area is 218 Å². The molecule has 0 fully saturated rings. The highest BCUT2D eigenvalue weighted by molar-refractivity contribution is 7.09. The molecular formula is C25H31N5O6S. The van der Waals surface area contributed by atoms with Crippen molar-refractivity contribution in [1.82, 2.24) is 14.6 Å². The zero-order valence-corrected chi connectivity index (χ0v) is 22.2. The Kier molecular flexibility index (Phi) is 8.43. The molecule has 1 atom stereocenters. The van der Waals surface area contributed by atoms with Crippen LogP contribution in [0.1, 0.15) is 58.3 Å². The molecule has 0 aliphatic carbocycles. The van der Waals surface area contributed by atoms with Crippen LogP contribution in [0, 0.1) is 0 Å². The number of anilines is 1. The number of methoxy groups -OCH3 is 2. The Morgan fingerprint density at radius 3 is 2.41 bits per heavy atom. The molecule has 0 unspecified atom stereocenters. The molecule has 0 saturated carbocycles. The van der Waals surface area contributed by atoms with Crippen molar-refractivity contribution >= 4 is 34.9 Å². The maximum Gasteiger partial charge on any atom is 0.270 e. The van der Waals surface area contributed by atoms with Crippen molar-refractivity contribution in [3.63, 3.8) is 0 Å². The monoisotopic (exact) mass is 529 g/mol. The van der Waals surface area contributed by atoms with Crippen molar-refractivity contribution in [1.29, 1.82) is 0 Å². The largest absolute Gasteiger partial charge is 0.493 e. The smallest absolute Gasteiger partial charge is 0.270 e. The van der Waals surface area contributed by atoms with Crippen LogP contribution in [-0.2, 0) is 11.2 Å². The Bertz CT molecular complexity index is 1270. The standard InChI is InChI=1S/C25H31N5O6S/c1-25(2,3)28-23(32)20(16-7-6-12-36-16)30(24(33)21-18(26)19(22(27)31)29-37-21)11-10-14-8-9-15(34-4)17(13-14)35-5/h6-9,12-13,20H,10-11,26H2,1-5H3,(H2,27,31)(H,28,32)/t20-/m0/s1. The van der Waals surface area contributed by atoms with Gasteiger partial charge in [0.05, 0.1) is 26.2 Å². The predicted octanol–water partition coefficient (Wildman–Crippen LogP) is 2.78. The molecule has 37 heavy (non-hydrogen) atoms. The van der Waals surface area contributed by atoms with Gasteiger partial charge in [0.2, 0.25) is 0 Å². The van der Waals surface area contributed by atoms with E-state index >= 15 is 0 Å². The van der Waals surface area contributed by atoms with Crippen LogP contribution in [0.25, 0.3) is 0 Å². The molecule has 3 aromatic rings. The van der Waals surface area contributed by atoms with Crippen LogP contribution in [0.15, 0.2) is 41.0 Å². The third-order valence-electron chi connectivity index (χ3n) is 5.38. The predicted molar refractivity (Wildman–Crippen MR) is 139 cm³/mol. The van der Waals surface area contributed by atoms with Gasteiger partial charge in [-0.05, 0) is 68.6 Å². The highest BCUT2D eigenvalue weighted by atomic mass is 32.1. The maximum atomic E-state index is 13.9. The van der Waals surface area contributed by atoms with E-state index in [0.29, 0.717) is 17.9 Å². The summed E-state index contributed by atoms with van der Waals surface area (Å²) < 4.78 is 20.2. The Morgan fingerprint density at radius 2 is 1.86 bits per heavy atom. The molecule has 2 heterocycles. The minimum Gasteiger partial charge on any atom is -0.493 e. The van der Waals surface area contributed by atoms with Gasteiger partial charge in [0.25, 0.3) is 17.7 Å². The summed E-state index contributed by atoms with van der Waals surface area (Å²) in [7, 11) is 3.07. The van der Waals surface area contributed by atoms with Gasteiger partial charge < -0.3 is 35.6 Å². The zero-order valence-electron chi connectivity index (χ0n) is 21.4. The molecule has 0 bridgehead atoms. The van der Waals surface area contributed by atoms with E-state index in [1.165, 1.54) is 18.3 Å². The fourth-order valence-corrected chi connectivity index (χ4v) is 4.46. The topological polar surface area (TPSA) is 163 Å². The number of carbonyl (C=O) groups excluding carboxylic acids is 3. The minimum atomic E-state index is -1.12. The van der Waals surface area contributed by atoms with Gasteiger partial charge in [0.15, 0.2) is 23.2 Å². The first-order valence-electron chi connectivity index (χ1n) is 11.4. The van der Waals surface area contributed by atoms with Crippen LogP contribution in [0.4, 0.5) is 5.69 Å². The van der Waals surface area contributed by atoms with Gasteiger partial charge in [0, 0.05) is 12.1 Å². The first-order valence-corrected chi connectivity index (χ1v) is 12.2. The van der Waals surface area contributed by atoms with Gasteiger partial charge in [-0.2, -0.15) is 4.37 Å². The molecule has 5 N–H and O–H groups in total. The van der Waals surface area contributed by atoms with Crippen LogP contribution in [0.5, 0.6) is 11.5 Å². The third kappa shape index (κ3) is 6.39. The molecule has 0 aliphatic rings. The number of nitrogens with zero attached hydrogens (tertiary/aromatic N) is 2. The van der Waals surface area contributed by atoms with E-state index < -0.39 is 29.3 Å². The lowest BCUT2D eigenvalue weighted by Gasteiger charge is -2.32. The number of amides is 3. The molecule has 12 heteroatoms. The Balaban J connectivity index is 2.05. The second kappa shape index (κ2) is 11.3. The lowest BCUT2D eigenvalue weighted by Crippen LogP contribution is -2.49. The van der Waals surface area contributed by atoms with Crippen LogP contribution in [0.2, 0.25) is 0 Å². The molecule has 0 spiro atoms.